The van der Waals surface area contributed by atoms with Crippen molar-refractivity contribution in [3.63, 3.8) is 0 Å². The first-order chi connectivity index (χ1) is 15.9. The lowest BCUT2D eigenvalue weighted by Crippen LogP contribution is -2.27. The van der Waals surface area contributed by atoms with Gasteiger partial charge in [-0.3, -0.25) is 24.6 Å². The second-order valence-corrected chi connectivity index (χ2v) is 8.85. The number of nitrogens with one attached hydrogen (secondary N) is 1. The van der Waals surface area contributed by atoms with Gasteiger partial charge in [0.1, 0.15) is 5.37 Å². The van der Waals surface area contributed by atoms with Crippen LogP contribution in [0.5, 0.6) is 0 Å². The van der Waals surface area contributed by atoms with Gasteiger partial charge >= 0.3 is 0 Å². The van der Waals surface area contributed by atoms with Crippen molar-refractivity contribution in [2.24, 2.45) is 0 Å². The summed E-state index contributed by atoms with van der Waals surface area (Å²) in [6.45, 7) is 3.72. The van der Waals surface area contributed by atoms with Gasteiger partial charge in [0.15, 0.2) is 0 Å². The maximum atomic E-state index is 12.6. The van der Waals surface area contributed by atoms with Crippen LogP contribution in [-0.4, -0.2) is 22.5 Å². The Balaban J connectivity index is 1.50. The number of carbonyl (C=O) groups is 2. The first kappa shape index (κ1) is 22.5. The number of carbonyl (C=O) groups excluding carboxylic acids is 2. The molecule has 1 aliphatic rings. The number of benzene rings is 3. The Morgan fingerprint density at radius 2 is 1.82 bits per heavy atom. The quantitative estimate of drug-likeness (QED) is 0.387. The highest BCUT2D eigenvalue weighted by Gasteiger charge is 2.34. The van der Waals surface area contributed by atoms with Crippen molar-refractivity contribution < 1.29 is 14.5 Å². The van der Waals surface area contributed by atoms with E-state index in [4.69, 9.17) is 0 Å². The lowest BCUT2D eigenvalue weighted by Gasteiger charge is -2.24. The van der Waals surface area contributed by atoms with Gasteiger partial charge in [-0.1, -0.05) is 37.3 Å². The predicted octanol–water partition coefficient (Wildman–Crippen LogP) is 5.50. The zero-order valence-electron chi connectivity index (χ0n) is 18.3. The number of thioether (sulfide) groups is 1. The lowest BCUT2D eigenvalue weighted by atomic mass is 10.1. The molecule has 1 fully saturated rings. The fourth-order valence-corrected chi connectivity index (χ4v) is 4.90. The molecule has 3 aromatic carbocycles. The second-order valence-electron chi connectivity index (χ2n) is 7.78. The van der Waals surface area contributed by atoms with Gasteiger partial charge in [0.25, 0.3) is 11.6 Å². The van der Waals surface area contributed by atoms with Gasteiger partial charge in [0.2, 0.25) is 5.91 Å². The molecule has 1 N–H and O–H groups in total. The van der Waals surface area contributed by atoms with E-state index in [1.54, 1.807) is 43.0 Å². The molecule has 1 aliphatic heterocycles. The number of hydrogen-bond acceptors (Lipinski definition) is 5. The fourth-order valence-electron chi connectivity index (χ4n) is 3.72. The predicted molar refractivity (Wildman–Crippen MR) is 131 cm³/mol. The summed E-state index contributed by atoms with van der Waals surface area (Å²) >= 11 is 1.56. The number of anilines is 2. The van der Waals surface area contributed by atoms with Gasteiger partial charge in [-0.05, 0) is 54.8 Å². The van der Waals surface area contributed by atoms with E-state index in [1.165, 1.54) is 11.6 Å². The van der Waals surface area contributed by atoms with Crippen LogP contribution in [0.4, 0.5) is 17.1 Å². The minimum Gasteiger partial charge on any atom is -0.322 e. The molecule has 33 heavy (non-hydrogen) atoms. The molecule has 7 nitrogen and oxygen atoms in total. The Hall–Kier alpha value is -3.65. The fraction of sp³-hybridized carbons (Fsp3) is 0.200. The average Bonchev–Trinajstić information content (AvgIpc) is 3.21. The van der Waals surface area contributed by atoms with Crippen LogP contribution in [0.25, 0.3) is 0 Å². The van der Waals surface area contributed by atoms with Gasteiger partial charge in [-0.25, -0.2) is 0 Å². The molecule has 168 valence electrons. The second kappa shape index (κ2) is 9.46. The summed E-state index contributed by atoms with van der Waals surface area (Å²) in [7, 11) is 0. The third-order valence-electron chi connectivity index (χ3n) is 5.61. The van der Waals surface area contributed by atoms with Crippen molar-refractivity contribution >= 4 is 40.6 Å². The van der Waals surface area contributed by atoms with Crippen molar-refractivity contribution in [2.75, 3.05) is 16.0 Å². The summed E-state index contributed by atoms with van der Waals surface area (Å²) in [5.41, 5.74) is 4.23. The number of nitrogens with zero attached hydrogens (tertiary/aromatic N) is 2. The molecule has 0 saturated carbocycles. The largest absolute Gasteiger partial charge is 0.322 e. The summed E-state index contributed by atoms with van der Waals surface area (Å²) in [6.07, 6.45) is 0.940. The van der Waals surface area contributed by atoms with Gasteiger partial charge in [0.05, 0.1) is 10.7 Å². The Morgan fingerprint density at radius 1 is 1.12 bits per heavy atom. The normalized spacial score (nSPS) is 15.5. The van der Waals surface area contributed by atoms with Crippen molar-refractivity contribution in [3.05, 3.63) is 99.1 Å². The highest BCUT2D eigenvalue weighted by molar-refractivity contribution is 8.00. The van der Waals surface area contributed by atoms with Crippen molar-refractivity contribution in [1.82, 2.24) is 0 Å². The molecule has 1 heterocycles. The number of aryl methyl sites for hydroxylation is 2. The number of amides is 2. The van der Waals surface area contributed by atoms with E-state index in [1.807, 2.05) is 41.3 Å². The monoisotopic (exact) mass is 461 g/mol. The molecule has 3 aromatic rings. The Bertz CT molecular complexity index is 1210. The smallest absolute Gasteiger partial charge is 0.273 e. The summed E-state index contributed by atoms with van der Waals surface area (Å²) in [6, 6.07) is 19.8. The Morgan fingerprint density at radius 3 is 2.45 bits per heavy atom. The lowest BCUT2D eigenvalue weighted by molar-refractivity contribution is -0.385. The highest BCUT2D eigenvalue weighted by Crippen LogP contribution is 2.42. The molecule has 0 radical (unpaired) electrons. The van der Waals surface area contributed by atoms with E-state index in [2.05, 4.69) is 12.2 Å². The zero-order chi connectivity index (χ0) is 23.5. The van der Waals surface area contributed by atoms with Crippen LogP contribution in [0.2, 0.25) is 0 Å². The SMILES string of the molecule is CCc1ccc(N2C(=O)CSC2c2ccc(NC(=O)c3ccc(C)c([N+](=O)[O-])c3)cc2)cc1. The van der Waals surface area contributed by atoms with E-state index in [0.29, 0.717) is 17.0 Å². The van der Waals surface area contributed by atoms with Gasteiger partial charge < -0.3 is 5.32 Å². The standard InChI is InChI=1S/C25H23N3O4S/c1-3-17-5-12-21(13-6-17)27-23(29)15-33-25(27)18-8-10-20(11-9-18)26-24(30)19-7-4-16(2)22(14-19)28(31)32/h4-14,25H,3,15H2,1-2H3,(H,26,30). The third-order valence-corrected chi connectivity index (χ3v) is 6.82. The maximum Gasteiger partial charge on any atom is 0.273 e. The third kappa shape index (κ3) is 4.75. The highest BCUT2D eigenvalue weighted by atomic mass is 32.2. The molecule has 1 atom stereocenters. The first-order valence-corrected chi connectivity index (χ1v) is 11.6. The van der Waals surface area contributed by atoms with Crippen LogP contribution in [0.1, 0.15) is 39.3 Å². The van der Waals surface area contributed by atoms with Gasteiger partial charge in [-0.15, -0.1) is 11.8 Å². The maximum absolute atomic E-state index is 12.6. The Labute approximate surface area is 196 Å². The van der Waals surface area contributed by atoms with E-state index < -0.39 is 10.8 Å². The summed E-state index contributed by atoms with van der Waals surface area (Å²) < 4.78 is 0. The number of rotatable bonds is 6. The molecule has 1 saturated heterocycles. The molecule has 0 bridgehead atoms. The van der Waals surface area contributed by atoms with E-state index in [-0.39, 0.29) is 22.5 Å². The van der Waals surface area contributed by atoms with Crippen LogP contribution >= 0.6 is 11.8 Å². The molecule has 0 aromatic heterocycles. The van der Waals surface area contributed by atoms with Crippen LogP contribution in [0.15, 0.2) is 66.7 Å². The molecule has 8 heteroatoms. The summed E-state index contributed by atoms with van der Waals surface area (Å²) in [4.78, 5) is 37.6. The van der Waals surface area contributed by atoms with Crippen molar-refractivity contribution in [3.8, 4) is 0 Å². The minimum atomic E-state index is -0.497. The van der Waals surface area contributed by atoms with Crippen LogP contribution in [-0.2, 0) is 11.2 Å². The zero-order valence-corrected chi connectivity index (χ0v) is 19.1. The molecular formula is C25H23N3O4S. The topological polar surface area (TPSA) is 92.6 Å². The number of hydrogen-bond donors (Lipinski definition) is 1. The number of nitro benzene ring substituents is 1. The van der Waals surface area contributed by atoms with Crippen LogP contribution in [0, 0.1) is 17.0 Å². The molecule has 0 aliphatic carbocycles. The van der Waals surface area contributed by atoms with Gasteiger partial charge in [-0.2, -0.15) is 0 Å². The van der Waals surface area contributed by atoms with Crippen molar-refractivity contribution in [2.45, 2.75) is 25.6 Å². The first-order valence-electron chi connectivity index (χ1n) is 10.6. The van der Waals surface area contributed by atoms with Crippen molar-refractivity contribution in [1.29, 1.82) is 0 Å². The molecule has 0 spiro atoms. The summed E-state index contributed by atoms with van der Waals surface area (Å²) in [5, 5.41) is 13.8. The Kier molecular flexibility index (Phi) is 6.46. The van der Waals surface area contributed by atoms with Crippen LogP contribution in [0.3, 0.4) is 0 Å². The van der Waals surface area contributed by atoms with E-state index in [9.17, 15) is 19.7 Å². The number of nitro groups is 1. The molecule has 4 rings (SSSR count). The molecule has 2 amide bonds. The molecule has 1 unspecified atom stereocenters. The average molecular weight is 462 g/mol. The summed E-state index contributed by atoms with van der Waals surface area (Å²) in [5.74, 6) is 0.0479. The van der Waals surface area contributed by atoms with E-state index in [0.717, 1.165) is 17.7 Å². The van der Waals surface area contributed by atoms with E-state index >= 15 is 0 Å². The van der Waals surface area contributed by atoms with Gasteiger partial charge in [0, 0.05) is 28.6 Å². The van der Waals surface area contributed by atoms with Crippen LogP contribution < -0.4 is 10.2 Å². The minimum absolute atomic E-state index is 0.0626. The molecular weight excluding hydrogens is 438 g/mol.